The van der Waals surface area contributed by atoms with Gasteiger partial charge in [0, 0.05) is 16.2 Å². The van der Waals surface area contributed by atoms with Gasteiger partial charge in [-0.1, -0.05) is 66.7 Å². The third-order valence-corrected chi connectivity index (χ3v) is 9.08. The molecule has 2 atom stereocenters. The largest absolute Gasteiger partial charge is 0.448 e. The molecule has 1 saturated heterocycles. The van der Waals surface area contributed by atoms with Crippen molar-refractivity contribution in [2.24, 2.45) is 0 Å². The predicted molar refractivity (Wildman–Crippen MR) is 152 cm³/mol. The van der Waals surface area contributed by atoms with Gasteiger partial charge in [0.15, 0.2) is 11.8 Å². The number of rotatable bonds is 8. The number of alkyl halides is 3. The Balaban J connectivity index is 1.36. The summed E-state index contributed by atoms with van der Waals surface area (Å²) >= 11 is 2.51. The van der Waals surface area contributed by atoms with Crippen LogP contribution in [0.3, 0.4) is 0 Å². The van der Waals surface area contributed by atoms with Crippen molar-refractivity contribution < 1.29 is 32.3 Å². The molecule has 4 aromatic rings. The lowest BCUT2D eigenvalue weighted by atomic mass is 9.99. The van der Waals surface area contributed by atoms with Gasteiger partial charge in [0.25, 0.3) is 5.91 Å². The maximum atomic E-state index is 14.0. The lowest BCUT2D eigenvalue weighted by Gasteiger charge is -2.49. The van der Waals surface area contributed by atoms with Crippen molar-refractivity contribution in [2.45, 2.75) is 30.1 Å². The van der Waals surface area contributed by atoms with Crippen molar-refractivity contribution in [3.8, 4) is 0 Å². The van der Waals surface area contributed by atoms with Crippen LogP contribution in [-0.2, 0) is 31.7 Å². The van der Waals surface area contributed by atoms with Gasteiger partial charge in [-0.25, -0.2) is 4.79 Å². The number of esters is 1. The maximum absolute atomic E-state index is 14.0. The molecule has 0 aliphatic carbocycles. The van der Waals surface area contributed by atoms with Crippen molar-refractivity contribution >= 4 is 46.5 Å². The highest BCUT2D eigenvalue weighted by atomic mass is 32.2. The van der Waals surface area contributed by atoms with Crippen LogP contribution in [0.2, 0.25) is 0 Å². The zero-order valence-electron chi connectivity index (χ0n) is 22.1. The van der Waals surface area contributed by atoms with Gasteiger partial charge in [0.2, 0.25) is 5.91 Å². The first kappa shape index (κ1) is 28.7. The zero-order valence-corrected chi connectivity index (χ0v) is 23.7. The quantitative estimate of drug-likeness (QED) is 0.218. The number of thioether (sulfide) groups is 1. The topological polar surface area (TPSA) is 117 Å². The number of ether oxygens (including phenoxy) is 1. The lowest BCUT2D eigenvalue weighted by Crippen LogP contribution is -2.70. The van der Waals surface area contributed by atoms with Gasteiger partial charge in [-0.3, -0.25) is 14.5 Å². The smallest absolute Gasteiger partial charge is 0.437 e. The molecule has 2 aliphatic heterocycles. The van der Waals surface area contributed by atoms with E-state index in [1.807, 2.05) is 16.7 Å². The molecule has 2 aliphatic rings. The van der Waals surface area contributed by atoms with E-state index in [-0.39, 0.29) is 29.4 Å². The average molecular weight is 626 g/mol. The predicted octanol–water partition coefficient (Wildman–Crippen LogP) is 4.57. The summed E-state index contributed by atoms with van der Waals surface area (Å²) < 4.78 is 47.5. The van der Waals surface area contributed by atoms with E-state index < -0.39 is 47.0 Å². The van der Waals surface area contributed by atoms with Gasteiger partial charge in [-0.2, -0.15) is 28.6 Å². The summed E-state index contributed by atoms with van der Waals surface area (Å²) in [6.45, 7) is 0. The van der Waals surface area contributed by atoms with Crippen LogP contribution in [0.25, 0.3) is 5.57 Å². The van der Waals surface area contributed by atoms with E-state index in [4.69, 9.17) is 4.74 Å². The molecule has 0 radical (unpaired) electrons. The van der Waals surface area contributed by atoms with E-state index in [1.54, 1.807) is 66.7 Å². The Hall–Kier alpha value is -4.43. The number of fused-ring (bicyclic) bond motifs is 1. The number of halogens is 3. The van der Waals surface area contributed by atoms with Crippen LogP contribution in [0, 0.1) is 0 Å². The van der Waals surface area contributed by atoms with E-state index in [2.05, 4.69) is 15.5 Å². The Labute approximate surface area is 251 Å². The Bertz CT molecular complexity index is 1640. The molecule has 0 unspecified atom stereocenters. The number of nitrogens with one attached hydrogen (secondary N) is 2. The van der Waals surface area contributed by atoms with E-state index in [0.29, 0.717) is 11.1 Å². The van der Waals surface area contributed by atoms with Crippen LogP contribution in [0.15, 0.2) is 83.9 Å². The van der Waals surface area contributed by atoms with Crippen molar-refractivity contribution in [3.05, 3.63) is 111 Å². The molecule has 0 bridgehead atoms. The minimum absolute atomic E-state index is 0.0680. The number of nitrogens with zero attached hydrogens (tertiary/aromatic N) is 3. The summed E-state index contributed by atoms with van der Waals surface area (Å²) in [5, 5.41) is 12.8. The first-order chi connectivity index (χ1) is 20.7. The van der Waals surface area contributed by atoms with Crippen LogP contribution >= 0.6 is 23.1 Å². The number of thiophene rings is 1. The molecular formula is C29H22F3N5O4S2. The first-order valence-electron chi connectivity index (χ1n) is 13.0. The molecule has 4 heterocycles. The number of H-pyrrole nitrogens is 1. The fourth-order valence-corrected chi connectivity index (χ4v) is 7.02. The maximum Gasteiger partial charge on any atom is 0.437 e. The second kappa shape index (κ2) is 11.7. The molecule has 1 fully saturated rings. The molecule has 2 aromatic carbocycles. The number of carbonyl (C=O) groups excluding carboxylic acids is 3. The summed E-state index contributed by atoms with van der Waals surface area (Å²) in [4.78, 5) is 42.0. The SMILES string of the molecule is O=C(Cc1cccs1)N[C@@H]1C(=O)N2C(C(=O)OC(c3ccccc3)c3ccccc3)=C(c3n[nH]nc3C(F)(F)F)CS[C@H]12. The minimum Gasteiger partial charge on any atom is -0.448 e. The van der Waals surface area contributed by atoms with Gasteiger partial charge in [-0.05, 0) is 22.6 Å². The zero-order chi connectivity index (χ0) is 30.1. The monoisotopic (exact) mass is 625 g/mol. The fraction of sp³-hybridized carbons (Fsp3) is 0.207. The van der Waals surface area contributed by atoms with Gasteiger partial charge < -0.3 is 10.1 Å². The van der Waals surface area contributed by atoms with Gasteiger partial charge in [0.05, 0.1) is 6.42 Å². The van der Waals surface area contributed by atoms with Crippen molar-refractivity contribution in [3.63, 3.8) is 0 Å². The molecule has 220 valence electrons. The van der Waals surface area contributed by atoms with Crippen LogP contribution in [0.5, 0.6) is 0 Å². The van der Waals surface area contributed by atoms with E-state index in [0.717, 1.165) is 21.5 Å². The third-order valence-electron chi connectivity index (χ3n) is 6.92. The van der Waals surface area contributed by atoms with Crippen LogP contribution in [0.1, 0.15) is 33.5 Å². The number of amides is 2. The fourth-order valence-electron chi connectivity index (χ4n) is 4.97. The van der Waals surface area contributed by atoms with Gasteiger partial charge in [-0.15, -0.1) is 23.1 Å². The first-order valence-corrected chi connectivity index (χ1v) is 14.9. The summed E-state index contributed by atoms with van der Waals surface area (Å²) in [7, 11) is 0. The number of aromatic amines is 1. The Morgan fingerprint density at radius 2 is 1.70 bits per heavy atom. The van der Waals surface area contributed by atoms with Crippen LogP contribution < -0.4 is 5.32 Å². The summed E-state index contributed by atoms with van der Waals surface area (Å²) in [5.74, 6) is -2.16. The molecule has 2 amide bonds. The van der Waals surface area contributed by atoms with Crippen molar-refractivity contribution in [2.75, 3.05) is 5.75 Å². The normalized spacial score (nSPS) is 18.3. The minimum atomic E-state index is -4.88. The third kappa shape index (κ3) is 5.67. The molecule has 6 rings (SSSR count). The van der Waals surface area contributed by atoms with E-state index in [9.17, 15) is 27.6 Å². The van der Waals surface area contributed by atoms with Crippen LogP contribution in [0.4, 0.5) is 13.2 Å². The number of hydrogen-bond acceptors (Lipinski definition) is 8. The molecule has 2 N–H and O–H groups in total. The second-order valence-electron chi connectivity index (χ2n) is 9.66. The number of β-lactam (4-membered cyclic amide) rings is 1. The van der Waals surface area contributed by atoms with E-state index >= 15 is 0 Å². The summed E-state index contributed by atoms with van der Waals surface area (Å²) in [6, 6.07) is 20.3. The Kier molecular flexibility index (Phi) is 7.79. The molecule has 2 aromatic heterocycles. The number of benzene rings is 2. The van der Waals surface area contributed by atoms with Crippen molar-refractivity contribution in [1.82, 2.24) is 25.6 Å². The van der Waals surface area contributed by atoms with Gasteiger partial charge in [0.1, 0.15) is 22.8 Å². The highest BCUT2D eigenvalue weighted by Gasteiger charge is 2.55. The van der Waals surface area contributed by atoms with Gasteiger partial charge >= 0.3 is 12.1 Å². The summed E-state index contributed by atoms with van der Waals surface area (Å²) in [5.41, 5.74) is -1.19. The molecule has 0 saturated carbocycles. The molecule has 0 spiro atoms. The molecular weight excluding hydrogens is 603 g/mol. The number of aromatic nitrogens is 3. The molecule has 9 nitrogen and oxygen atoms in total. The molecule has 43 heavy (non-hydrogen) atoms. The standard InChI is InChI=1S/C29H22F3N5O4S2/c30-29(31,32)25-21(34-36-35-25)19-15-43-27-22(33-20(38)14-18-12-7-13-42-18)26(39)37(27)23(19)28(40)41-24(16-8-3-1-4-9-16)17-10-5-2-6-11-17/h1-13,22,24,27H,14-15H2,(H,33,38)(H,34,35,36)/t22-,27-/m1/s1. The average Bonchev–Trinajstić information content (AvgIpc) is 3.71. The molecule has 14 heteroatoms. The van der Waals surface area contributed by atoms with Crippen molar-refractivity contribution in [1.29, 1.82) is 0 Å². The summed E-state index contributed by atoms with van der Waals surface area (Å²) in [6.07, 6.45) is -5.73. The van der Waals surface area contributed by atoms with E-state index in [1.165, 1.54) is 11.3 Å². The second-order valence-corrected chi connectivity index (χ2v) is 11.8. The number of hydrogen-bond donors (Lipinski definition) is 2. The Morgan fingerprint density at radius 3 is 2.30 bits per heavy atom. The highest BCUT2D eigenvalue weighted by molar-refractivity contribution is 8.00. The highest BCUT2D eigenvalue weighted by Crippen LogP contribution is 2.45. The Morgan fingerprint density at radius 1 is 1.02 bits per heavy atom. The lowest BCUT2D eigenvalue weighted by molar-refractivity contribution is -0.154. The van der Waals surface area contributed by atoms with Crippen LogP contribution in [-0.4, -0.2) is 55.3 Å². The number of carbonyl (C=O) groups is 3.